The number of hydrogen-bond acceptors (Lipinski definition) is 4. The van der Waals surface area contributed by atoms with Crippen LogP contribution in [0.25, 0.3) is 0 Å². The van der Waals surface area contributed by atoms with Gasteiger partial charge in [0.25, 0.3) is 11.5 Å². The van der Waals surface area contributed by atoms with Crippen LogP contribution in [0.3, 0.4) is 0 Å². The molecule has 1 saturated heterocycles. The molecule has 1 amide bonds. The number of hydrogen-bond donors (Lipinski definition) is 1. The molecule has 0 spiro atoms. The highest BCUT2D eigenvalue weighted by atomic mass is 16.2. The highest BCUT2D eigenvalue weighted by molar-refractivity contribution is 5.82. The first-order valence-corrected chi connectivity index (χ1v) is 8.55. The fourth-order valence-corrected chi connectivity index (χ4v) is 2.88. The zero-order chi connectivity index (χ0) is 17.5. The Morgan fingerprint density at radius 2 is 1.84 bits per heavy atom. The largest absolute Gasteiger partial charge is 0.372 e. The van der Waals surface area contributed by atoms with E-state index in [4.69, 9.17) is 0 Å². The maximum atomic E-state index is 11.8. The third kappa shape index (κ3) is 4.79. The van der Waals surface area contributed by atoms with E-state index in [0.29, 0.717) is 0 Å². The van der Waals surface area contributed by atoms with Gasteiger partial charge in [0, 0.05) is 31.0 Å². The smallest absolute Gasteiger partial charge is 0.260 e. The van der Waals surface area contributed by atoms with E-state index in [-0.39, 0.29) is 18.0 Å². The minimum absolute atomic E-state index is 0.0507. The molecular formula is C19H22N4O2. The standard InChI is InChI=1S/C19H22N4O2/c24-18(15-23-13-5-2-6-19(23)25)21-20-14-16-7-9-17(10-8-16)22-11-3-1-4-12-22/h2,5-10,13-14H,1,3-4,11-12,15H2,(H,21,24)/b20-14-. The third-order valence-corrected chi connectivity index (χ3v) is 4.23. The number of hydrazone groups is 1. The van der Waals surface area contributed by atoms with Crippen LogP contribution in [0, 0.1) is 0 Å². The van der Waals surface area contributed by atoms with Crippen LogP contribution >= 0.6 is 0 Å². The summed E-state index contributed by atoms with van der Waals surface area (Å²) in [5, 5.41) is 3.96. The number of carbonyl (C=O) groups excluding carboxylic acids is 1. The molecule has 0 radical (unpaired) electrons. The Hall–Kier alpha value is -2.89. The average Bonchev–Trinajstić information content (AvgIpc) is 2.65. The molecule has 0 aliphatic carbocycles. The van der Waals surface area contributed by atoms with Gasteiger partial charge in [-0.2, -0.15) is 5.10 Å². The van der Waals surface area contributed by atoms with E-state index in [0.717, 1.165) is 18.7 Å². The molecule has 3 rings (SSSR count). The molecule has 1 aromatic heterocycles. The summed E-state index contributed by atoms with van der Waals surface area (Å²) in [5.74, 6) is -0.338. The summed E-state index contributed by atoms with van der Waals surface area (Å²) < 4.78 is 1.33. The van der Waals surface area contributed by atoms with Crippen LogP contribution in [-0.2, 0) is 11.3 Å². The van der Waals surface area contributed by atoms with Crippen molar-refractivity contribution in [1.29, 1.82) is 0 Å². The Balaban J connectivity index is 1.52. The lowest BCUT2D eigenvalue weighted by atomic mass is 10.1. The summed E-state index contributed by atoms with van der Waals surface area (Å²) >= 11 is 0. The van der Waals surface area contributed by atoms with Crippen molar-refractivity contribution in [3.05, 3.63) is 64.6 Å². The van der Waals surface area contributed by atoms with E-state index >= 15 is 0 Å². The summed E-state index contributed by atoms with van der Waals surface area (Å²) in [5.41, 5.74) is 4.37. The molecule has 1 fully saturated rings. The number of benzene rings is 1. The lowest BCUT2D eigenvalue weighted by Crippen LogP contribution is -2.29. The summed E-state index contributed by atoms with van der Waals surface area (Å²) in [6, 6.07) is 12.9. The number of piperidine rings is 1. The number of nitrogens with one attached hydrogen (secondary N) is 1. The molecule has 6 nitrogen and oxygen atoms in total. The summed E-state index contributed by atoms with van der Waals surface area (Å²) in [6.07, 6.45) is 6.99. The summed E-state index contributed by atoms with van der Waals surface area (Å²) in [6.45, 7) is 2.18. The van der Waals surface area contributed by atoms with Crippen molar-refractivity contribution in [1.82, 2.24) is 9.99 Å². The SMILES string of the molecule is O=C(Cn1ccccc1=O)N/N=C\c1ccc(N2CCCCC2)cc1. The highest BCUT2D eigenvalue weighted by Crippen LogP contribution is 2.19. The summed E-state index contributed by atoms with van der Waals surface area (Å²) in [7, 11) is 0. The Labute approximate surface area is 146 Å². The van der Waals surface area contributed by atoms with Gasteiger partial charge >= 0.3 is 0 Å². The number of aromatic nitrogens is 1. The molecule has 1 N–H and O–H groups in total. The van der Waals surface area contributed by atoms with Gasteiger partial charge in [0.2, 0.25) is 0 Å². The molecule has 1 aliphatic rings. The highest BCUT2D eigenvalue weighted by Gasteiger charge is 2.10. The molecule has 1 aliphatic heterocycles. The Kier molecular flexibility index (Phi) is 5.61. The molecule has 2 heterocycles. The molecule has 130 valence electrons. The van der Waals surface area contributed by atoms with Gasteiger partial charge in [-0.25, -0.2) is 5.43 Å². The second-order valence-electron chi connectivity index (χ2n) is 6.10. The minimum Gasteiger partial charge on any atom is -0.372 e. The average molecular weight is 338 g/mol. The second-order valence-corrected chi connectivity index (χ2v) is 6.10. The quantitative estimate of drug-likeness (QED) is 0.670. The molecule has 25 heavy (non-hydrogen) atoms. The van der Waals surface area contributed by atoms with Gasteiger partial charge < -0.3 is 9.47 Å². The van der Waals surface area contributed by atoms with Crippen LogP contribution in [-0.4, -0.2) is 29.8 Å². The van der Waals surface area contributed by atoms with E-state index in [1.807, 2.05) is 12.1 Å². The van der Waals surface area contributed by atoms with Crippen LogP contribution in [0.4, 0.5) is 5.69 Å². The topological polar surface area (TPSA) is 66.7 Å². The Bertz CT molecular complexity index is 790. The first-order chi connectivity index (χ1) is 12.2. The van der Waals surface area contributed by atoms with Gasteiger partial charge in [-0.1, -0.05) is 18.2 Å². The molecule has 2 aromatic rings. The zero-order valence-corrected chi connectivity index (χ0v) is 14.1. The van der Waals surface area contributed by atoms with Crippen LogP contribution < -0.4 is 15.9 Å². The van der Waals surface area contributed by atoms with Gasteiger partial charge in [-0.3, -0.25) is 9.59 Å². The molecule has 0 unspecified atom stereocenters. The number of amides is 1. The molecule has 0 atom stereocenters. The fraction of sp³-hybridized carbons (Fsp3) is 0.316. The first kappa shape index (κ1) is 17.0. The number of nitrogens with zero attached hydrogens (tertiary/aromatic N) is 3. The zero-order valence-electron chi connectivity index (χ0n) is 14.1. The van der Waals surface area contributed by atoms with Gasteiger partial charge in [-0.15, -0.1) is 0 Å². The number of pyridine rings is 1. The van der Waals surface area contributed by atoms with Crippen molar-refractivity contribution in [2.45, 2.75) is 25.8 Å². The fourth-order valence-electron chi connectivity index (χ4n) is 2.88. The van der Waals surface area contributed by atoms with Crippen LogP contribution in [0.2, 0.25) is 0 Å². The van der Waals surface area contributed by atoms with Crippen molar-refractivity contribution in [3.8, 4) is 0 Å². The predicted molar refractivity (Wildman–Crippen MR) is 98.9 cm³/mol. The monoisotopic (exact) mass is 338 g/mol. The van der Waals surface area contributed by atoms with Crippen LogP contribution in [0.5, 0.6) is 0 Å². The normalized spacial score (nSPS) is 14.6. The first-order valence-electron chi connectivity index (χ1n) is 8.55. The maximum Gasteiger partial charge on any atom is 0.260 e. The summed E-state index contributed by atoms with van der Waals surface area (Å²) in [4.78, 5) is 25.8. The van der Waals surface area contributed by atoms with E-state index in [2.05, 4.69) is 27.6 Å². The number of anilines is 1. The van der Waals surface area contributed by atoms with E-state index < -0.39 is 0 Å². The van der Waals surface area contributed by atoms with Gasteiger partial charge in [-0.05, 0) is 43.0 Å². The van der Waals surface area contributed by atoms with E-state index in [9.17, 15) is 9.59 Å². The molecule has 0 bridgehead atoms. The van der Waals surface area contributed by atoms with Crippen LogP contribution in [0.15, 0.2) is 58.6 Å². The second kappa shape index (κ2) is 8.28. The lowest BCUT2D eigenvalue weighted by molar-refractivity contribution is -0.121. The Morgan fingerprint density at radius 3 is 2.56 bits per heavy atom. The van der Waals surface area contributed by atoms with Crippen molar-refractivity contribution >= 4 is 17.8 Å². The van der Waals surface area contributed by atoms with E-state index in [1.54, 1.807) is 24.5 Å². The van der Waals surface area contributed by atoms with E-state index in [1.165, 1.54) is 35.6 Å². The van der Waals surface area contributed by atoms with Crippen molar-refractivity contribution in [2.24, 2.45) is 5.10 Å². The molecular weight excluding hydrogens is 316 g/mol. The van der Waals surface area contributed by atoms with Gasteiger partial charge in [0.1, 0.15) is 6.54 Å². The Morgan fingerprint density at radius 1 is 1.08 bits per heavy atom. The van der Waals surface area contributed by atoms with Crippen molar-refractivity contribution in [3.63, 3.8) is 0 Å². The predicted octanol–water partition coefficient (Wildman–Crippen LogP) is 1.99. The maximum absolute atomic E-state index is 11.8. The van der Waals surface area contributed by atoms with Gasteiger partial charge in [0.05, 0.1) is 6.21 Å². The molecule has 0 saturated carbocycles. The number of carbonyl (C=O) groups is 1. The van der Waals surface area contributed by atoms with Crippen molar-refractivity contribution < 1.29 is 4.79 Å². The van der Waals surface area contributed by atoms with Crippen molar-refractivity contribution in [2.75, 3.05) is 18.0 Å². The molecule has 6 heteroatoms. The van der Waals surface area contributed by atoms with Crippen LogP contribution in [0.1, 0.15) is 24.8 Å². The lowest BCUT2D eigenvalue weighted by Gasteiger charge is -2.28. The molecule has 1 aromatic carbocycles. The minimum atomic E-state index is -0.338. The third-order valence-electron chi connectivity index (χ3n) is 4.23. The van der Waals surface area contributed by atoms with Gasteiger partial charge in [0.15, 0.2) is 0 Å². The number of rotatable bonds is 5.